The van der Waals surface area contributed by atoms with Crippen LogP contribution < -0.4 is 5.56 Å². The fourth-order valence-electron chi connectivity index (χ4n) is 2.40. The predicted molar refractivity (Wildman–Crippen MR) is 89.9 cm³/mol. The topological polar surface area (TPSA) is 70.2 Å². The van der Waals surface area contributed by atoms with Crippen molar-refractivity contribution in [2.24, 2.45) is 0 Å². The molecule has 0 radical (unpaired) electrons. The maximum absolute atomic E-state index is 12.3. The van der Waals surface area contributed by atoms with Crippen LogP contribution in [-0.4, -0.2) is 16.1 Å². The fraction of sp³-hybridized carbons (Fsp3) is 0. The lowest BCUT2D eigenvalue weighted by Gasteiger charge is -2.09. The number of aromatic amines is 1. The quantitative estimate of drug-likeness (QED) is 0.763. The molecule has 0 aliphatic rings. The van der Waals surface area contributed by atoms with Crippen molar-refractivity contribution in [1.29, 1.82) is 0 Å². The molecule has 0 saturated carbocycles. The fourth-order valence-corrected chi connectivity index (χ4v) is 2.53. The molecule has 0 saturated heterocycles. The van der Waals surface area contributed by atoms with Gasteiger partial charge in [-0.3, -0.25) is 4.79 Å². The Balaban J connectivity index is 2.26. The molecule has 0 unspecified atom stereocenters. The number of nitrogens with one attached hydrogen (secondary N) is 1. The van der Waals surface area contributed by atoms with Gasteiger partial charge in [-0.15, -0.1) is 0 Å². The molecule has 3 aromatic rings. The number of hydrogen-bond donors (Lipinski definition) is 2. The van der Waals surface area contributed by atoms with Crippen LogP contribution in [0, 0.1) is 0 Å². The smallest absolute Gasteiger partial charge is 0.341 e. The maximum atomic E-state index is 12.3. The molecule has 0 amide bonds. The third-order valence-corrected chi connectivity index (χ3v) is 3.74. The van der Waals surface area contributed by atoms with Gasteiger partial charge in [0.15, 0.2) is 0 Å². The van der Waals surface area contributed by atoms with Gasteiger partial charge in [0.05, 0.1) is 0 Å². The van der Waals surface area contributed by atoms with Crippen LogP contribution in [0.2, 0.25) is 5.02 Å². The second-order valence-corrected chi connectivity index (χ2v) is 5.42. The van der Waals surface area contributed by atoms with Crippen LogP contribution in [0.25, 0.3) is 22.4 Å². The molecule has 0 aliphatic heterocycles. The van der Waals surface area contributed by atoms with Crippen molar-refractivity contribution in [3.8, 4) is 22.4 Å². The summed E-state index contributed by atoms with van der Waals surface area (Å²) < 4.78 is 0. The van der Waals surface area contributed by atoms with Crippen LogP contribution in [0.5, 0.6) is 0 Å². The van der Waals surface area contributed by atoms with Crippen molar-refractivity contribution in [2.75, 3.05) is 0 Å². The normalized spacial score (nSPS) is 10.5. The summed E-state index contributed by atoms with van der Waals surface area (Å²) in [4.78, 5) is 26.3. The zero-order valence-corrected chi connectivity index (χ0v) is 12.7. The predicted octanol–water partition coefficient (Wildman–Crippen LogP) is 4.06. The Hall–Kier alpha value is -2.85. The van der Waals surface area contributed by atoms with Gasteiger partial charge in [0.2, 0.25) is 0 Å². The van der Waals surface area contributed by atoms with E-state index in [9.17, 15) is 14.7 Å². The maximum Gasteiger partial charge on any atom is 0.341 e. The number of pyridine rings is 1. The average Bonchev–Trinajstić information content (AvgIpc) is 2.55. The Morgan fingerprint density at radius 1 is 0.957 bits per heavy atom. The molecule has 23 heavy (non-hydrogen) atoms. The van der Waals surface area contributed by atoms with Crippen molar-refractivity contribution in [3.63, 3.8) is 0 Å². The number of carbonyl (C=O) groups is 1. The van der Waals surface area contributed by atoms with Gasteiger partial charge in [-0.2, -0.15) is 0 Å². The van der Waals surface area contributed by atoms with Crippen molar-refractivity contribution in [3.05, 3.63) is 81.6 Å². The van der Waals surface area contributed by atoms with Crippen LogP contribution in [0.15, 0.2) is 65.5 Å². The number of aromatic carboxylic acids is 1. The number of hydrogen-bond acceptors (Lipinski definition) is 2. The van der Waals surface area contributed by atoms with Gasteiger partial charge in [0, 0.05) is 16.3 Å². The molecule has 0 atom stereocenters. The van der Waals surface area contributed by atoms with Crippen LogP contribution in [0.3, 0.4) is 0 Å². The Kier molecular flexibility index (Phi) is 4.00. The SMILES string of the molecule is O=C(O)c1c(-c2ccccc2)cc(-c2ccc(Cl)cc2)[nH]c1=O. The van der Waals surface area contributed by atoms with E-state index in [1.807, 2.05) is 6.07 Å². The largest absolute Gasteiger partial charge is 0.477 e. The Bertz CT molecular complexity index is 915. The summed E-state index contributed by atoms with van der Waals surface area (Å²) in [5.41, 5.74) is 1.44. The highest BCUT2D eigenvalue weighted by Gasteiger charge is 2.18. The van der Waals surface area contributed by atoms with Crippen molar-refractivity contribution < 1.29 is 9.90 Å². The van der Waals surface area contributed by atoms with Gasteiger partial charge in [-0.1, -0.05) is 54.1 Å². The molecule has 0 spiro atoms. The Morgan fingerprint density at radius 3 is 2.22 bits per heavy atom. The molecule has 4 nitrogen and oxygen atoms in total. The lowest BCUT2D eigenvalue weighted by molar-refractivity contribution is 0.0696. The summed E-state index contributed by atoms with van der Waals surface area (Å²) in [6.45, 7) is 0. The zero-order valence-electron chi connectivity index (χ0n) is 11.9. The number of rotatable bonds is 3. The molecule has 1 heterocycles. The number of carboxylic acid groups (broad SMARTS) is 1. The molecule has 3 rings (SSSR count). The molecule has 5 heteroatoms. The number of halogens is 1. The minimum absolute atomic E-state index is 0.270. The summed E-state index contributed by atoms with van der Waals surface area (Å²) in [6.07, 6.45) is 0. The van der Waals surface area contributed by atoms with E-state index >= 15 is 0 Å². The zero-order chi connectivity index (χ0) is 16.4. The van der Waals surface area contributed by atoms with Gasteiger partial charge in [0.25, 0.3) is 5.56 Å². The van der Waals surface area contributed by atoms with E-state index in [-0.39, 0.29) is 5.56 Å². The first-order valence-corrected chi connectivity index (χ1v) is 7.26. The highest BCUT2D eigenvalue weighted by atomic mass is 35.5. The summed E-state index contributed by atoms with van der Waals surface area (Å²) in [5, 5.41) is 9.95. The second kappa shape index (κ2) is 6.10. The molecule has 114 valence electrons. The summed E-state index contributed by atoms with van der Waals surface area (Å²) in [6, 6.07) is 17.6. The van der Waals surface area contributed by atoms with Crippen LogP contribution in [0.4, 0.5) is 0 Å². The van der Waals surface area contributed by atoms with E-state index in [0.717, 1.165) is 5.56 Å². The van der Waals surface area contributed by atoms with Crippen LogP contribution >= 0.6 is 11.6 Å². The highest BCUT2D eigenvalue weighted by Crippen LogP contribution is 2.26. The number of H-pyrrole nitrogens is 1. The summed E-state index contributed by atoms with van der Waals surface area (Å²) in [5.74, 6) is -1.26. The van der Waals surface area contributed by atoms with Crippen molar-refractivity contribution in [1.82, 2.24) is 4.98 Å². The number of aromatic nitrogens is 1. The van der Waals surface area contributed by atoms with Crippen molar-refractivity contribution >= 4 is 17.6 Å². The monoisotopic (exact) mass is 325 g/mol. The third-order valence-electron chi connectivity index (χ3n) is 3.49. The van der Waals surface area contributed by atoms with Gasteiger partial charge in [-0.05, 0) is 29.3 Å². The second-order valence-electron chi connectivity index (χ2n) is 4.98. The van der Waals surface area contributed by atoms with Gasteiger partial charge in [0.1, 0.15) is 5.56 Å². The lowest BCUT2D eigenvalue weighted by Crippen LogP contribution is -2.19. The first kappa shape index (κ1) is 15.1. The van der Waals surface area contributed by atoms with Crippen LogP contribution in [-0.2, 0) is 0 Å². The minimum Gasteiger partial charge on any atom is -0.477 e. The molecular formula is C18H12ClNO3. The summed E-state index contributed by atoms with van der Waals surface area (Å²) >= 11 is 5.87. The van der Waals surface area contributed by atoms with E-state index in [0.29, 0.717) is 21.8 Å². The average molecular weight is 326 g/mol. The number of benzene rings is 2. The first-order valence-electron chi connectivity index (χ1n) is 6.88. The molecule has 2 N–H and O–H groups in total. The third kappa shape index (κ3) is 3.03. The number of carboxylic acids is 1. The molecule has 2 aromatic carbocycles. The van der Waals surface area contributed by atoms with Gasteiger partial charge < -0.3 is 10.1 Å². The molecule has 1 aromatic heterocycles. The Labute approximate surface area is 137 Å². The van der Waals surface area contributed by atoms with E-state index in [2.05, 4.69) is 4.98 Å². The van der Waals surface area contributed by atoms with Gasteiger partial charge in [-0.25, -0.2) is 4.79 Å². The summed E-state index contributed by atoms with van der Waals surface area (Å²) in [7, 11) is 0. The molecular weight excluding hydrogens is 314 g/mol. The lowest BCUT2D eigenvalue weighted by atomic mass is 9.98. The van der Waals surface area contributed by atoms with Crippen molar-refractivity contribution in [2.45, 2.75) is 0 Å². The minimum atomic E-state index is -1.26. The first-order chi connectivity index (χ1) is 11.1. The molecule has 0 bridgehead atoms. The van der Waals surface area contributed by atoms with Gasteiger partial charge >= 0.3 is 5.97 Å². The van der Waals surface area contributed by atoms with Crippen LogP contribution in [0.1, 0.15) is 10.4 Å². The molecule has 0 aliphatic carbocycles. The van der Waals surface area contributed by atoms with E-state index in [1.165, 1.54) is 0 Å². The van der Waals surface area contributed by atoms with E-state index in [4.69, 9.17) is 11.6 Å². The molecule has 0 fully saturated rings. The highest BCUT2D eigenvalue weighted by molar-refractivity contribution is 6.30. The van der Waals surface area contributed by atoms with E-state index < -0.39 is 11.5 Å². The van der Waals surface area contributed by atoms with E-state index in [1.54, 1.807) is 54.6 Å². The Morgan fingerprint density at radius 2 is 1.61 bits per heavy atom. The standard InChI is InChI=1S/C18H12ClNO3/c19-13-8-6-12(7-9-13)15-10-14(11-4-2-1-3-5-11)16(18(22)23)17(21)20-15/h1-10H,(H,20,21)(H,22,23).